The number of benzene rings is 1. The molecule has 1 aromatic carbocycles. The Labute approximate surface area is 114 Å². The fraction of sp³-hybridized carbons (Fsp3) is 0.571. The first kappa shape index (κ1) is 14.7. The van der Waals surface area contributed by atoms with Gasteiger partial charge in [0.25, 0.3) is 0 Å². The SMILES string of the molecule is CC(C)NCCN(C)CCc1ccc(Br)cc1. The molecule has 0 bridgehead atoms. The summed E-state index contributed by atoms with van der Waals surface area (Å²) in [5.74, 6) is 0. The summed E-state index contributed by atoms with van der Waals surface area (Å²) in [6.07, 6.45) is 1.12. The molecular formula is C14H23BrN2. The minimum Gasteiger partial charge on any atom is -0.313 e. The highest BCUT2D eigenvalue weighted by molar-refractivity contribution is 9.10. The molecule has 2 nitrogen and oxygen atoms in total. The molecular weight excluding hydrogens is 276 g/mol. The molecule has 1 N–H and O–H groups in total. The topological polar surface area (TPSA) is 15.3 Å². The van der Waals surface area contributed by atoms with Gasteiger partial charge in [-0.3, -0.25) is 0 Å². The van der Waals surface area contributed by atoms with Crippen molar-refractivity contribution in [1.29, 1.82) is 0 Å². The molecule has 0 unspecified atom stereocenters. The van der Waals surface area contributed by atoms with E-state index in [4.69, 9.17) is 0 Å². The van der Waals surface area contributed by atoms with E-state index in [0.717, 1.165) is 30.5 Å². The molecule has 1 rings (SSSR count). The standard InChI is InChI=1S/C14H23BrN2/c1-12(2)16-9-11-17(3)10-8-13-4-6-14(15)7-5-13/h4-7,12,16H,8-11H2,1-3H3. The van der Waals surface area contributed by atoms with Crippen LogP contribution in [0.3, 0.4) is 0 Å². The third-order valence-electron chi connectivity index (χ3n) is 2.74. The lowest BCUT2D eigenvalue weighted by atomic mass is 10.1. The molecule has 0 aromatic heterocycles. The first-order valence-corrected chi connectivity index (χ1v) is 7.03. The van der Waals surface area contributed by atoms with Gasteiger partial charge in [-0.05, 0) is 31.2 Å². The van der Waals surface area contributed by atoms with Crippen molar-refractivity contribution in [2.45, 2.75) is 26.3 Å². The molecule has 0 aliphatic rings. The number of nitrogens with zero attached hydrogens (tertiary/aromatic N) is 1. The van der Waals surface area contributed by atoms with Crippen LogP contribution in [0.15, 0.2) is 28.7 Å². The van der Waals surface area contributed by atoms with Gasteiger partial charge in [0, 0.05) is 30.1 Å². The lowest BCUT2D eigenvalue weighted by Crippen LogP contribution is -2.33. The molecule has 1 aromatic rings. The quantitative estimate of drug-likeness (QED) is 0.833. The van der Waals surface area contributed by atoms with Crippen LogP contribution in [0, 0.1) is 0 Å². The Kier molecular flexibility index (Phi) is 6.78. The zero-order valence-corrected chi connectivity index (χ0v) is 12.6. The van der Waals surface area contributed by atoms with Gasteiger partial charge < -0.3 is 10.2 Å². The predicted octanol–water partition coefficient (Wildman–Crippen LogP) is 2.92. The van der Waals surface area contributed by atoms with Crippen molar-refractivity contribution in [3.05, 3.63) is 34.3 Å². The molecule has 0 aliphatic heterocycles. The van der Waals surface area contributed by atoms with Crippen molar-refractivity contribution >= 4 is 15.9 Å². The van der Waals surface area contributed by atoms with Gasteiger partial charge in [-0.2, -0.15) is 0 Å². The van der Waals surface area contributed by atoms with Gasteiger partial charge in [-0.1, -0.05) is 41.9 Å². The summed E-state index contributed by atoms with van der Waals surface area (Å²) in [7, 11) is 2.18. The molecule has 0 aliphatic carbocycles. The minimum atomic E-state index is 0.579. The van der Waals surface area contributed by atoms with Crippen molar-refractivity contribution in [3.8, 4) is 0 Å². The Bertz CT molecular complexity index is 309. The Balaban J connectivity index is 2.19. The van der Waals surface area contributed by atoms with Crippen molar-refractivity contribution < 1.29 is 0 Å². The summed E-state index contributed by atoms with van der Waals surface area (Å²) < 4.78 is 1.15. The van der Waals surface area contributed by atoms with Crippen molar-refractivity contribution in [2.24, 2.45) is 0 Å². The summed E-state index contributed by atoms with van der Waals surface area (Å²) in [5.41, 5.74) is 1.40. The number of hydrogen-bond donors (Lipinski definition) is 1. The minimum absolute atomic E-state index is 0.579. The van der Waals surface area contributed by atoms with Crippen LogP contribution in [0.2, 0.25) is 0 Å². The number of rotatable bonds is 7. The van der Waals surface area contributed by atoms with Gasteiger partial charge in [0.1, 0.15) is 0 Å². The molecule has 96 valence electrons. The second kappa shape index (κ2) is 7.85. The second-order valence-corrected chi connectivity index (χ2v) is 5.70. The molecule has 0 radical (unpaired) electrons. The van der Waals surface area contributed by atoms with Crippen LogP contribution in [-0.2, 0) is 6.42 Å². The zero-order chi connectivity index (χ0) is 12.7. The van der Waals surface area contributed by atoms with Crippen LogP contribution in [-0.4, -0.2) is 37.6 Å². The highest BCUT2D eigenvalue weighted by Crippen LogP contribution is 2.10. The van der Waals surface area contributed by atoms with E-state index < -0.39 is 0 Å². The predicted molar refractivity (Wildman–Crippen MR) is 78.5 cm³/mol. The van der Waals surface area contributed by atoms with Gasteiger partial charge in [0.05, 0.1) is 0 Å². The maximum absolute atomic E-state index is 3.45. The van der Waals surface area contributed by atoms with Gasteiger partial charge in [0.15, 0.2) is 0 Å². The highest BCUT2D eigenvalue weighted by Gasteiger charge is 2.00. The number of hydrogen-bond acceptors (Lipinski definition) is 2. The van der Waals surface area contributed by atoms with Crippen LogP contribution >= 0.6 is 15.9 Å². The smallest absolute Gasteiger partial charge is 0.0175 e. The van der Waals surface area contributed by atoms with E-state index in [1.807, 2.05) is 0 Å². The second-order valence-electron chi connectivity index (χ2n) is 4.79. The Morgan fingerprint density at radius 2 is 1.82 bits per heavy atom. The zero-order valence-electron chi connectivity index (χ0n) is 11.0. The summed E-state index contributed by atoms with van der Waals surface area (Å²) in [6.45, 7) is 7.65. The van der Waals surface area contributed by atoms with E-state index in [0.29, 0.717) is 6.04 Å². The fourth-order valence-corrected chi connectivity index (χ4v) is 1.89. The molecule has 0 saturated heterocycles. The molecule has 0 spiro atoms. The van der Waals surface area contributed by atoms with Crippen molar-refractivity contribution in [1.82, 2.24) is 10.2 Å². The van der Waals surface area contributed by atoms with Crippen LogP contribution in [0.4, 0.5) is 0 Å². The Morgan fingerprint density at radius 1 is 1.18 bits per heavy atom. The molecule has 0 heterocycles. The van der Waals surface area contributed by atoms with Crippen LogP contribution in [0.25, 0.3) is 0 Å². The maximum atomic E-state index is 3.45. The molecule has 0 saturated carbocycles. The first-order valence-electron chi connectivity index (χ1n) is 6.24. The van der Waals surface area contributed by atoms with Gasteiger partial charge >= 0.3 is 0 Å². The van der Waals surface area contributed by atoms with E-state index in [9.17, 15) is 0 Å². The van der Waals surface area contributed by atoms with Crippen LogP contribution in [0.5, 0.6) is 0 Å². The van der Waals surface area contributed by atoms with Gasteiger partial charge in [0.2, 0.25) is 0 Å². The molecule has 0 fully saturated rings. The summed E-state index contributed by atoms with van der Waals surface area (Å²) in [5, 5.41) is 3.43. The summed E-state index contributed by atoms with van der Waals surface area (Å²) in [4.78, 5) is 2.37. The van der Waals surface area contributed by atoms with Gasteiger partial charge in [-0.15, -0.1) is 0 Å². The van der Waals surface area contributed by atoms with E-state index in [2.05, 4.69) is 71.3 Å². The largest absolute Gasteiger partial charge is 0.313 e. The van der Waals surface area contributed by atoms with Crippen molar-refractivity contribution in [3.63, 3.8) is 0 Å². The Morgan fingerprint density at radius 3 is 2.41 bits per heavy atom. The lowest BCUT2D eigenvalue weighted by molar-refractivity contribution is 0.331. The van der Waals surface area contributed by atoms with E-state index in [-0.39, 0.29) is 0 Å². The van der Waals surface area contributed by atoms with Crippen LogP contribution < -0.4 is 5.32 Å². The molecule has 0 atom stereocenters. The maximum Gasteiger partial charge on any atom is 0.0175 e. The van der Waals surface area contributed by atoms with E-state index in [1.165, 1.54) is 5.56 Å². The number of halogens is 1. The monoisotopic (exact) mass is 298 g/mol. The van der Waals surface area contributed by atoms with Crippen LogP contribution in [0.1, 0.15) is 19.4 Å². The van der Waals surface area contributed by atoms with Crippen molar-refractivity contribution in [2.75, 3.05) is 26.7 Å². The first-order chi connectivity index (χ1) is 8.08. The normalized spacial score (nSPS) is 11.4. The van der Waals surface area contributed by atoms with E-state index >= 15 is 0 Å². The average Bonchev–Trinajstić information content (AvgIpc) is 2.28. The fourth-order valence-electron chi connectivity index (χ4n) is 1.63. The molecule has 3 heteroatoms. The van der Waals surface area contributed by atoms with E-state index in [1.54, 1.807) is 0 Å². The molecule has 0 amide bonds. The lowest BCUT2D eigenvalue weighted by Gasteiger charge is -2.18. The average molecular weight is 299 g/mol. The third kappa shape index (κ3) is 6.81. The number of likely N-dealkylation sites (N-methyl/N-ethyl adjacent to an activating group) is 1. The summed E-state index contributed by atoms with van der Waals surface area (Å²) in [6, 6.07) is 9.16. The molecule has 17 heavy (non-hydrogen) atoms. The summed E-state index contributed by atoms with van der Waals surface area (Å²) >= 11 is 3.45. The Hall–Kier alpha value is -0.380. The highest BCUT2D eigenvalue weighted by atomic mass is 79.9. The third-order valence-corrected chi connectivity index (χ3v) is 3.27. The van der Waals surface area contributed by atoms with Gasteiger partial charge in [-0.25, -0.2) is 0 Å². The number of nitrogens with one attached hydrogen (secondary N) is 1.